The van der Waals surface area contributed by atoms with Gasteiger partial charge in [-0.05, 0) is 50.3 Å². The molecule has 0 fully saturated rings. The summed E-state index contributed by atoms with van der Waals surface area (Å²) in [7, 11) is 0. The Morgan fingerprint density at radius 1 is 1.10 bits per heavy atom. The molecule has 0 aliphatic carbocycles. The summed E-state index contributed by atoms with van der Waals surface area (Å²) in [6.45, 7) is 13.9. The first-order valence-electron chi connectivity index (χ1n) is 7.23. The zero-order valence-corrected chi connectivity index (χ0v) is 13.6. The lowest BCUT2D eigenvalue weighted by Gasteiger charge is -2.21. The molecule has 0 amide bonds. The standard InChI is InChI=1S/C17H28FNO/c1-16(2,3)9-10-20-15-8-7-13(11-14(15)18)12-19-17(4,5)6/h7-8,11,19H,9-10,12H2,1-6H3. The van der Waals surface area contributed by atoms with E-state index in [1.807, 2.05) is 6.07 Å². The minimum atomic E-state index is -0.285. The Balaban J connectivity index is 2.55. The van der Waals surface area contributed by atoms with Gasteiger partial charge in [0.25, 0.3) is 0 Å². The van der Waals surface area contributed by atoms with Gasteiger partial charge in [-0.15, -0.1) is 0 Å². The van der Waals surface area contributed by atoms with Gasteiger partial charge in [-0.3, -0.25) is 0 Å². The molecule has 0 saturated heterocycles. The Kier molecular flexibility index (Phi) is 5.58. The molecule has 0 spiro atoms. The first-order valence-corrected chi connectivity index (χ1v) is 7.23. The van der Waals surface area contributed by atoms with Crippen LogP contribution in [0.5, 0.6) is 5.75 Å². The molecule has 114 valence electrons. The third-order valence-electron chi connectivity index (χ3n) is 2.93. The maximum Gasteiger partial charge on any atom is 0.165 e. The van der Waals surface area contributed by atoms with Crippen LogP contribution in [0.2, 0.25) is 0 Å². The van der Waals surface area contributed by atoms with Crippen molar-refractivity contribution >= 4 is 0 Å². The van der Waals surface area contributed by atoms with E-state index in [9.17, 15) is 4.39 Å². The second-order valence-electron chi connectivity index (χ2n) is 7.53. The van der Waals surface area contributed by atoms with Gasteiger partial charge in [-0.1, -0.05) is 26.8 Å². The van der Waals surface area contributed by atoms with Gasteiger partial charge in [0.05, 0.1) is 6.61 Å². The highest BCUT2D eigenvalue weighted by molar-refractivity contribution is 5.29. The summed E-state index contributed by atoms with van der Waals surface area (Å²) in [5.74, 6) is 0.0564. The zero-order chi connectivity index (χ0) is 15.4. The highest BCUT2D eigenvalue weighted by Gasteiger charge is 2.12. The smallest absolute Gasteiger partial charge is 0.165 e. The summed E-state index contributed by atoms with van der Waals surface area (Å²) in [6, 6.07) is 5.18. The van der Waals surface area contributed by atoms with E-state index in [0.29, 0.717) is 18.9 Å². The van der Waals surface area contributed by atoms with Crippen LogP contribution >= 0.6 is 0 Å². The maximum atomic E-state index is 13.9. The number of hydrogen-bond acceptors (Lipinski definition) is 2. The predicted octanol–water partition coefficient (Wildman–Crippen LogP) is 4.53. The van der Waals surface area contributed by atoms with Crippen molar-refractivity contribution in [3.8, 4) is 5.75 Å². The Morgan fingerprint density at radius 2 is 1.75 bits per heavy atom. The SMILES string of the molecule is CC(C)(C)CCOc1ccc(CNC(C)(C)C)cc1F. The van der Waals surface area contributed by atoms with E-state index in [2.05, 4.69) is 46.9 Å². The van der Waals surface area contributed by atoms with Crippen molar-refractivity contribution in [1.29, 1.82) is 0 Å². The van der Waals surface area contributed by atoms with Crippen LogP contribution < -0.4 is 10.1 Å². The van der Waals surface area contributed by atoms with Crippen molar-refractivity contribution in [2.45, 2.75) is 60.0 Å². The Labute approximate surface area is 122 Å². The minimum Gasteiger partial charge on any atom is -0.490 e. The molecular weight excluding hydrogens is 253 g/mol. The fourth-order valence-corrected chi connectivity index (χ4v) is 1.61. The fraction of sp³-hybridized carbons (Fsp3) is 0.647. The fourth-order valence-electron chi connectivity index (χ4n) is 1.61. The average molecular weight is 281 g/mol. The molecule has 0 bridgehead atoms. The van der Waals surface area contributed by atoms with E-state index in [1.165, 1.54) is 0 Å². The van der Waals surface area contributed by atoms with Crippen LogP contribution in [-0.2, 0) is 6.54 Å². The molecule has 0 heterocycles. The first-order chi connectivity index (χ1) is 9.07. The maximum absolute atomic E-state index is 13.9. The molecule has 1 rings (SSSR count). The Bertz CT molecular complexity index is 430. The Morgan fingerprint density at radius 3 is 2.25 bits per heavy atom. The van der Waals surface area contributed by atoms with E-state index in [0.717, 1.165) is 12.0 Å². The van der Waals surface area contributed by atoms with Gasteiger partial charge in [0, 0.05) is 12.1 Å². The molecule has 1 aromatic carbocycles. The summed E-state index contributed by atoms with van der Waals surface area (Å²) < 4.78 is 19.5. The number of nitrogens with one attached hydrogen (secondary N) is 1. The van der Waals surface area contributed by atoms with E-state index in [4.69, 9.17) is 4.74 Å². The third kappa shape index (κ3) is 6.90. The highest BCUT2D eigenvalue weighted by atomic mass is 19.1. The molecule has 0 aliphatic rings. The Hall–Kier alpha value is -1.09. The molecule has 3 heteroatoms. The molecule has 0 radical (unpaired) electrons. The first kappa shape index (κ1) is 17.0. The quantitative estimate of drug-likeness (QED) is 0.856. The van der Waals surface area contributed by atoms with Crippen LogP contribution in [0.15, 0.2) is 18.2 Å². The van der Waals surface area contributed by atoms with Gasteiger partial charge in [0.1, 0.15) is 0 Å². The summed E-state index contributed by atoms with van der Waals surface area (Å²) in [5, 5.41) is 3.34. The normalized spacial score (nSPS) is 12.6. The monoisotopic (exact) mass is 281 g/mol. The van der Waals surface area contributed by atoms with E-state index < -0.39 is 0 Å². The highest BCUT2D eigenvalue weighted by Crippen LogP contribution is 2.22. The van der Waals surface area contributed by atoms with Crippen LogP contribution in [-0.4, -0.2) is 12.1 Å². The van der Waals surface area contributed by atoms with Crippen molar-refractivity contribution in [3.63, 3.8) is 0 Å². The second-order valence-corrected chi connectivity index (χ2v) is 7.53. The number of rotatable bonds is 5. The van der Waals surface area contributed by atoms with Crippen molar-refractivity contribution in [2.75, 3.05) is 6.61 Å². The molecule has 0 atom stereocenters. The van der Waals surface area contributed by atoms with E-state index in [1.54, 1.807) is 12.1 Å². The van der Waals surface area contributed by atoms with Crippen LogP contribution in [0.4, 0.5) is 4.39 Å². The van der Waals surface area contributed by atoms with Gasteiger partial charge in [0.15, 0.2) is 11.6 Å². The topological polar surface area (TPSA) is 21.3 Å². The average Bonchev–Trinajstić information content (AvgIpc) is 2.26. The lowest BCUT2D eigenvalue weighted by atomic mass is 9.93. The van der Waals surface area contributed by atoms with Gasteiger partial charge >= 0.3 is 0 Å². The molecule has 1 aromatic rings. The summed E-state index contributed by atoms with van der Waals surface area (Å²) in [4.78, 5) is 0. The molecule has 0 aromatic heterocycles. The van der Waals surface area contributed by atoms with Crippen LogP contribution in [0.1, 0.15) is 53.5 Å². The van der Waals surface area contributed by atoms with E-state index >= 15 is 0 Å². The number of hydrogen-bond donors (Lipinski definition) is 1. The largest absolute Gasteiger partial charge is 0.490 e. The summed E-state index contributed by atoms with van der Waals surface area (Å²) in [5.41, 5.74) is 1.16. The van der Waals surface area contributed by atoms with Crippen molar-refractivity contribution in [3.05, 3.63) is 29.6 Å². The molecule has 0 unspecified atom stereocenters. The second kappa shape index (κ2) is 6.57. The van der Waals surface area contributed by atoms with Gasteiger partial charge in [-0.25, -0.2) is 4.39 Å². The lowest BCUT2D eigenvalue weighted by molar-refractivity contribution is 0.235. The van der Waals surface area contributed by atoms with Gasteiger partial charge < -0.3 is 10.1 Å². The molecule has 1 N–H and O–H groups in total. The third-order valence-corrected chi connectivity index (χ3v) is 2.93. The minimum absolute atomic E-state index is 0.0261. The molecule has 0 saturated carbocycles. The van der Waals surface area contributed by atoms with Gasteiger partial charge in [-0.2, -0.15) is 0 Å². The molecule has 20 heavy (non-hydrogen) atoms. The van der Waals surface area contributed by atoms with Crippen molar-refractivity contribution in [2.24, 2.45) is 5.41 Å². The van der Waals surface area contributed by atoms with Crippen LogP contribution in [0.3, 0.4) is 0 Å². The molecular formula is C17H28FNO. The van der Waals surface area contributed by atoms with E-state index in [-0.39, 0.29) is 16.8 Å². The molecule has 0 aliphatic heterocycles. The van der Waals surface area contributed by atoms with Crippen LogP contribution in [0.25, 0.3) is 0 Å². The summed E-state index contributed by atoms with van der Waals surface area (Å²) >= 11 is 0. The summed E-state index contributed by atoms with van der Waals surface area (Å²) in [6.07, 6.45) is 0.903. The van der Waals surface area contributed by atoms with Crippen molar-refractivity contribution in [1.82, 2.24) is 5.32 Å². The number of halogens is 1. The number of benzene rings is 1. The number of ether oxygens (including phenoxy) is 1. The molecule has 2 nitrogen and oxygen atoms in total. The van der Waals surface area contributed by atoms with Crippen LogP contribution in [0, 0.1) is 11.2 Å². The lowest BCUT2D eigenvalue weighted by Crippen LogP contribution is -2.35. The van der Waals surface area contributed by atoms with Gasteiger partial charge in [0.2, 0.25) is 0 Å². The zero-order valence-electron chi connectivity index (χ0n) is 13.6. The van der Waals surface area contributed by atoms with Crippen molar-refractivity contribution < 1.29 is 9.13 Å². The predicted molar refractivity (Wildman–Crippen MR) is 82.6 cm³/mol.